The van der Waals surface area contributed by atoms with E-state index < -0.39 is 17.5 Å². The molecule has 1 fully saturated rings. The summed E-state index contributed by atoms with van der Waals surface area (Å²) >= 11 is 0. The fourth-order valence-electron chi connectivity index (χ4n) is 3.39. The van der Waals surface area contributed by atoms with E-state index >= 15 is 0 Å². The Labute approximate surface area is 160 Å². The number of pyridine rings is 1. The van der Waals surface area contributed by atoms with Crippen LogP contribution in [0.25, 0.3) is 5.65 Å². The second-order valence-electron chi connectivity index (χ2n) is 6.69. The largest absolute Gasteiger partial charge is 0.496 e. The third-order valence-corrected chi connectivity index (χ3v) is 4.80. The zero-order valence-electron chi connectivity index (χ0n) is 15.2. The Balaban J connectivity index is 1.66. The molecule has 3 aromatic rings. The highest BCUT2D eigenvalue weighted by atomic mass is 19.1. The van der Waals surface area contributed by atoms with E-state index in [9.17, 15) is 13.6 Å². The minimum Gasteiger partial charge on any atom is -0.496 e. The summed E-state index contributed by atoms with van der Waals surface area (Å²) in [6.07, 6.45) is 5.30. The second-order valence-corrected chi connectivity index (χ2v) is 6.69. The van der Waals surface area contributed by atoms with Crippen molar-refractivity contribution in [2.45, 2.75) is 18.8 Å². The van der Waals surface area contributed by atoms with Crippen LogP contribution >= 0.6 is 0 Å². The van der Waals surface area contributed by atoms with Gasteiger partial charge in [-0.3, -0.25) is 4.79 Å². The first-order valence-electron chi connectivity index (χ1n) is 8.95. The van der Waals surface area contributed by atoms with Gasteiger partial charge in [0, 0.05) is 49.3 Å². The van der Waals surface area contributed by atoms with Gasteiger partial charge in [0.2, 0.25) is 0 Å². The van der Waals surface area contributed by atoms with Crippen molar-refractivity contribution in [3.05, 3.63) is 59.6 Å². The minimum atomic E-state index is -0.770. The summed E-state index contributed by atoms with van der Waals surface area (Å²) in [5.41, 5.74) is 1.86. The molecular weight excluding hydrogens is 368 g/mol. The summed E-state index contributed by atoms with van der Waals surface area (Å²) in [4.78, 5) is 17.3. The molecule has 1 amide bonds. The molecule has 0 unspecified atom stereocenters. The first kappa shape index (κ1) is 18.4. The van der Waals surface area contributed by atoms with Gasteiger partial charge >= 0.3 is 0 Å². The Bertz CT molecular complexity index is 1010. The Hall–Kier alpha value is -3.00. The first-order valence-corrected chi connectivity index (χ1v) is 8.95. The lowest BCUT2D eigenvalue weighted by Crippen LogP contribution is -2.14. The molecule has 4 rings (SSSR count). The monoisotopic (exact) mass is 387 g/mol. The maximum atomic E-state index is 13.4. The van der Waals surface area contributed by atoms with E-state index in [1.165, 1.54) is 7.11 Å². The zero-order chi connectivity index (χ0) is 19.7. The van der Waals surface area contributed by atoms with E-state index in [4.69, 9.17) is 9.47 Å². The van der Waals surface area contributed by atoms with Crippen molar-refractivity contribution in [3.8, 4) is 5.75 Å². The van der Waals surface area contributed by atoms with Crippen LogP contribution in [0, 0.1) is 11.6 Å². The number of anilines is 1. The van der Waals surface area contributed by atoms with Crippen molar-refractivity contribution in [1.29, 1.82) is 0 Å². The number of nitrogens with zero attached hydrogens (tertiary/aromatic N) is 2. The van der Waals surface area contributed by atoms with Gasteiger partial charge in [0.1, 0.15) is 23.0 Å². The predicted molar refractivity (Wildman–Crippen MR) is 98.8 cm³/mol. The van der Waals surface area contributed by atoms with Gasteiger partial charge in [-0.2, -0.15) is 0 Å². The lowest BCUT2D eigenvalue weighted by atomic mass is 9.97. The molecule has 0 aliphatic carbocycles. The summed E-state index contributed by atoms with van der Waals surface area (Å²) in [5.74, 6) is -1.44. The summed E-state index contributed by atoms with van der Waals surface area (Å²) in [7, 11) is 1.45. The van der Waals surface area contributed by atoms with Crippen molar-refractivity contribution in [2.75, 3.05) is 25.6 Å². The van der Waals surface area contributed by atoms with Crippen LogP contribution in [0.5, 0.6) is 5.75 Å². The van der Waals surface area contributed by atoms with Crippen molar-refractivity contribution >= 4 is 17.2 Å². The molecule has 0 saturated carbocycles. The number of aromatic nitrogens is 2. The highest BCUT2D eigenvalue weighted by Gasteiger charge is 2.21. The van der Waals surface area contributed by atoms with Crippen LogP contribution in [0.15, 0.2) is 36.7 Å². The molecule has 8 heteroatoms. The van der Waals surface area contributed by atoms with E-state index in [0.29, 0.717) is 30.5 Å². The second kappa shape index (κ2) is 7.55. The fourth-order valence-corrected chi connectivity index (χ4v) is 3.39. The molecule has 0 radical (unpaired) electrons. The number of amides is 1. The number of hydrogen-bond acceptors (Lipinski definition) is 4. The Kier molecular flexibility index (Phi) is 4.95. The van der Waals surface area contributed by atoms with Gasteiger partial charge in [-0.05, 0) is 25.0 Å². The molecule has 2 aromatic heterocycles. The van der Waals surface area contributed by atoms with Crippen LogP contribution in [0.4, 0.5) is 14.5 Å². The van der Waals surface area contributed by atoms with Gasteiger partial charge in [0.15, 0.2) is 0 Å². The molecule has 6 nitrogen and oxygen atoms in total. The van der Waals surface area contributed by atoms with Gasteiger partial charge in [0.05, 0.1) is 18.4 Å². The molecule has 1 N–H and O–H groups in total. The standard InChI is InChI=1S/C20H19F2N3O3/c1-27-18-9-19-24-17(12-2-4-28-5-3-12)11-25(19)10-16(18)20(26)23-15-7-13(21)6-14(22)8-15/h6-12H,2-5H2,1H3,(H,23,26). The molecule has 146 valence electrons. The molecule has 1 aliphatic heterocycles. The van der Waals surface area contributed by atoms with Gasteiger partial charge in [-0.15, -0.1) is 0 Å². The van der Waals surface area contributed by atoms with Crippen LogP contribution in [-0.4, -0.2) is 35.6 Å². The molecular formula is C20H19F2N3O3. The molecule has 0 bridgehead atoms. The maximum absolute atomic E-state index is 13.4. The number of benzene rings is 1. The topological polar surface area (TPSA) is 64.9 Å². The summed E-state index contributed by atoms with van der Waals surface area (Å²) < 4.78 is 39.2. The molecule has 1 aliphatic rings. The molecule has 0 spiro atoms. The number of nitrogens with one attached hydrogen (secondary N) is 1. The highest BCUT2D eigenvalue weighted by molar-refractivity contribution is 6.06. The Morgan fingerprint density at radius 3 is 2.57 bits per heavy atom. The summed E-state index contributed by atoms with van der Waals surface area (Å²) in [6, 6.07) is 4.51. The third kappa shape index (κ3) is 3.68. The number of carbonyl (C=O) groups excluding carboxylic acids is 1. The quantitative estimate of drug-likeness (QED) is 0.740. The first-order chi connectivity index (χ1) is 13.5. The van der Waals surface area contributed by atoms with Crippen molar-refractivity contribution in [1.82, 2.24) is 9.38 Å². The SMILES string of the molecule is COc1cc2nc(C3CCOCC3)cn2cc1C(=O)Nc1cc(F)cc(F)c1. The third-order valence-electron chi connectivity index (χ3n) is 4.80. The predicted octanol–water partition coefficient (Wildman–Crippen LogP) is 3.77. The molecule has 1 aromatic carbocycles. The average molecular weight is 387 g/mol. The minimum absolute atomic E-state index is 0.0261. The van der Waals surface area contributed by atoms with E-state index in [-0.39, 0.29) is 11.3 Å². The molecule has 0 atom stereocenters. The van der Waals surface area contributed by atoms with E-state index in [1.54, 1.807) is 16.7 Å². The van der Waals surface area contributed by atoms with Gasteiger partial charge in [0.25, 0.3) is 5.91 Å². The van der Waals surface area contributed by atoms with Crippen molar-refractivity contribution < 1.29 is 23.0 Å². The van der Waals surface area contributed by atoms with Gasteiger partial charge in [-0.1, -0.05) is 0 Å². The number of hydrogen-bond donors (Lipinski definition) is 1. The number of rotatable bonds is 4. The zero-order valence-corrected chi connectivity index (χ0v) is 15.2. The summed E-state index contributed by atoms with van der Waals surface area (Å²) in [6.45, 7) is 1.42. The lowest BCUT2D eigenvalue weighted by molar-refractivity contribution is 0.0846. The van der Waals surface area contributed by atoms with Gasteiger partial charge in [-0.25, -0.2) is 13.8 Å². The molecule has 28 heavy (non-hydrogen) atoms. The van der Waals surface area contributed by atoms with E-state index in [0.717, 1.165) is 36.7 Å². The Morgan fingerprint density at radius 2 is 1.89 bits per heavy atom. The number of fused-ring (bicyclic) bond motifs is 1. The number of methoxy groups -OCH3 is 1. The smallest absolute Gasteiger partial charge is 0.260 e. The van der Waals surface area contributed by atoms with Crippen molar-refractivity contribution in [2.24, 2.45) is 0 Å². The van der Waals surface area contributed by atoms with Crippen LogP contribution in [0.3, 0.4) is 0 Å². The average Bonchev–Trinajstić information content (AvgIpc) is 3.09. The van der Waals surface area contributed by atoms with Crippen molar-refractivity contribution in [3.63, 3.8) is 0 Å². The van der Waals surface area contributed by atoms with Crippen LogP contribution < -0.4 is 10.1 Å². The number of ether oxygens (including phenoxy) is 2. The number of imidazole rings is 1. The Morgan fingerprint density at radius 1 is 1.18 bits per heavy atom. The highest BCUT2D eigenvalue weighted by Crippen LogP contribution is 2.28. The fraction of sp³-hybridized carbons (Fsp3) is 0.300. The number of carbonyl (C=O) groups is 1. The van der Waals surface area contributed by atoms with Crippen LogP contribution in [0.1, 0.15) is 34.8 Å². The molecule has 1 saturated heterocycles. The van der Waals surface area contributed by atoms with Gasteiger partial charge < -0.3 is 19.2 Å². The van der Waals surface area contributed by atoms with Crippen LogP contribution in [0.2, 0.25) is 0 Å². The lowest BCUT2D eigenvalue weighted by Gasteiger charge is -2.19. The van der Waals surface area contributed by atoms with E-state index in [2.05, 4.69) is 10.3 Å². The van der Waals surface area contributed by atoms with E-state index in [1.807, 2.05) is 6.20 Å². The maximum Gasteiger partial charge on any atom is 0.260 e. The summed E-state index contributed by atoms with van der Waals surface area (Å²) in [5, 5.41) is 2.50. The van der Waals surface area contributed by atoms with Crippen LogP contribution in [-0.2, 0) is 4.74 Å². The normalized spacial score (nSPS) is 15.0. The molecule has 3 heterocycles. The number of halogens is 2.